The summed E-state index contributed by atoms with van der Waals surface area (Å²) in [7, 11) is 0. The average Bonchev–Trinajstić information content (AvgIpc) is 2.72. The van der Waals surface area contributed by atoms with Gasteiger partial charge in [-0.15, -0.1) is 0 Å². The Morgan fingerprint density at radius 1 is 1.03 bits per heavy atom. The summed E-state index contributed by atoms with van der Waals surface area (Å²) in [6, 6.07) is 12.7. The SMILES string of the molecule is CC[C@@H](C)NC(=O)[C@H](CC)n1c(=O)n(-c2ccccc2Cl)c(=O)c2ccccc21. The highest BCUT2D eigenvalue weighted by Gasteiger charge is 2.26. The molecule has 0 aliphatic rings. The minimum Gasteiger partial charge on any atom is -0.352 e. The van der Waals surface area contributed by atoms with E-state index in [1.807, 2.05) is 20.8 Å². The van der Waals surface area contributed by atoms with Gasteiger partial charge in [0.1, 0.15) is 6.04 Å². The molecule has 1 aromatic heterocycles. The largest absolute Gasteiger partial charge is 0.352 e. The number of carbonyl (C=O) groups excluding carboxylic acids is 1. The van der Waals surface area contributed by atoms with Crippen LogP contribution >= 0.6 is 11.6 Å². The monoisotopic (exact) mass is 413 g/mol. The lowest BCUT2D eigenvalue weighted by Gasteiger charge is -2.23. The van der Waals surface area contributed by atoms with Crippen molar-refractivity contribution in [2.75, 3.05) is 0 Å². The summed E-state index contributed by atoms with van der Waals surface area (Å²) < 4.78 is 2.45. The topological polar surface area (TPSA) is 73.1 Å². The molecular weight excluding hydrogens is 390 g/mol. The van der Waals surface area contributed by atoms with E-state index in [0.717, 1.165) is 11.0 Å². The van der Waals surface area contributed by atoms with Gasteiger partial charge in [0.05, 0.1) is 21.6 Å². The van der Waals surface area contributed by atoms with Crippen LogP contribution in [0.15, 0.2) is 58.1 Å². The van der Waals surface area contributed by atoms with Gasteiger partial charge in [0.2, 0.25) is 5.91 Å². The van der Waals surface area contributed by atoms with E-state index in [-0.39, 0.29) is 17.0 Å². The molecule has 1 amide bonds. The van der Waals surface area contributed by atoms with Crippen LogP contribution in [0.2, 0.25) is 5.02 Å². The molecule has 2 atom stereocenters. The first-order valence-electron chi connectivity index (χ1n) is 9.72. The van der Waals surface area contributed by atoms with Crippen LogP contribution in [0.5, 0.6) is 0 Å². The fourth-order valence-corrected chi connectivity index (χ4v) is 3.58. The standard InChI is InChI=1S/C22H24ClN3O3/c1-4-14(3)24-20(27)17(5-2)25-18-12-8-6-10-15(18)21(28)26(22(25)29)19-13-9-7-11-16(19)23/h6-14,17H,4-5H2,1-3H3,(H,24,27)/t14-,17+/m1/s1. The molecule has 152 valence electrons. The number of hydrogen-bond donors (Lipinski definition) is 1. The molecular formula is C22H24ClN3O3. The molecule has 0 aliphatic heterocycles. The Labute approximate surface area is 173 Å². The normalized spacial score (nSPS) is 13.2. The molecule has 6 nitrogen and oxygen atoms in total. The lowest BCUT2D eigenvalue weighted by molar-refractivity contribution is -0.125. The number of carbonyl (C=O) groups is 1. The Hall–Kier alpha value is -2.86. The summed E-state index contributed by atoms with van der Waals surface area (Å²) in [4.78, 5) is 39.6. The first kappa shape index (κ1) is 20.9. The summed E-state index contributed by atoms with van der Waals surface area (Å²) in [6.07, 6.45) is 1.17. The van der Waals surface area contributed by atoms with Crippen LogP contribution in [-0.2, 0) is 4.79 Å². The zero-order valence-electron chi connectivity index (χ0n) is 16.7. The second-order valence-electron chi connectivity index (χ2n) is 7.00. The highest BCUT2D eigenvalue weighted by molar-refractivity contribution is 6.32. The number of rotatable bonds is 6. The van der Waals surface area contributed by atoms with E-state index >= 15 is 0 Å². The van der Waals surface area contributed by atoms with Crippen LogP contribution in [0.3, 0.4) is 0 Å². The van der Waals surface area contributed by atoms with Crippen molar-refractivity contribution in [3.05, 3.63) is 74.4 Å². The van der Waals surface area contributed by atoms with Crippen LogP contribution in [0.25, 0.3) is 16.6 Å². The van der Waals surface area contributed by atoms with Crippen molar-refractivity contribution in [2.24, 2.45) is 0 Å². The fourth-order valence-electron chi connectivity index (χ4n) is 3.36. The number of benzene rings is 2. The summed E-state index contributed by atoms with van der Waals surface area (Å²) in [5.74, 6) is -0.251. The third-order valence-corrected chi connectivity index (χ3v) is 5.41. The van der Waals surface area contributed by atoms with Gasteiger partial charge in [-0.25, -0.2) is 9.36 Å². The number of nitrogens with zero attached hydrogens (tertiary/aromatic N) is 2. The van der Waals surface area contributed by atoms with Gasteiger partial charge in [0, 0.05) is 6.04 Å². The molecule has 0 fully saturated rings. The van der Waals surface area contributed by atoms with Crippen molar-refractivity contribution in [2.45, 2.75) is 45.7 Å². The molecule has 0 spiro atoms. The van der Waals surface area contributed by atoms with E-state index in [9.17, 15) is 14.4 Å². The maximum absolute atomic E-state index is 13.5. The number of hydrogen-bond acceptors (Lipinski definition) is 3. The molecule has 29 heavy (non-hydrogen) atoms. The lowest BCUT2D eigenvalue weighted by Crippen LogP contribution is -2.45. The van der Waals surface area contributed by atoms with Gasteiger partial charge in [0.25, 0.3) is 5.56 Å². The minimum absolute atomic E-state index is 0.0204. The van der Waals surface area contributed by atoms with E-state index in [0.29, 0.717) is 23.0 Å². The van der Waals surface area contributed by atoms with Crippen molar-refractivity contribution >= 4 is 28.4 Å². The van der Waals surface area contributed by atoms with Crippen molar-refractivity contribution < 1.29 is 4.79 Å². The molecule has 0 bridgehead atoms. The zero-order chi connectivity index (χ0) is 21.1. The molecule has 1 heterocycles. The maximum atomic E-state index is 13.5. The van der Waals surface area contributed by atoms with Crippen molar-refractivity contribution in [1.29, 1.82) is 0 Å². The highest BCUT2D eigenvalue weighted by Crippen LogP contribution is 2.21. The molecule has 1 N–H and O–H groups in total. The predicted molar refractivity (Wildman–Crippen MR) is 116 cm³/mol. The number of amides is 1. The Kier molecular flexibility index (Phi) is 6.23. The Morgan fingerprint density at radius 3 is 2.34 bits per heavy atom. The van der Waals surface area contributed by atoms with Crippen LogP contribution in [-0.4, -0.2) is 21.1 Å². The molecule has 3 aromatic rings. The van der Waals surface area contributed by atoms with Gasteiger partial charge >= 0.3 is 5.69 Å². The van der Waals surface area contributed by atoms with Crippen LogP contribution < -0.4 is 16.6 Å². The summed E-state index contributed by atoms with van der Waals surface area (Å²) in [5.41, 5.74) is -0.335. The number of halogens is 1. The van der Waals surface area contributed by atoms with Gasteiger partial charge in [-0.1, -0.05) is 49.7 Å². The van der Waals surface area contributed by atoms with Gasteiger partial charge in [0.15, 0.2) is 0 Å². The molecule has 0 aliphatic carbocycles. The zero-order valence-corrected chi connectivity index (χ0v) is 17.4. The third kappa shape index (κ3) is 3.85. The van der Waals surface area contributed by atoms with Crippen molar-refractivity contribution in [1.82, 2.24) is 14.5 Å². The van der Waals surface area contributed by atoms with Crippen molar-refractivity contribution in [3.63, 3.8) is 0 Å². The third-order valence-electron chi connectivity index (χ3n) is 5.09. The number of aromatic nitrogens is 2. The molecule has 0 saturated carbocycles. The Morgan fingerprint density at radius 2 is 1.69 bits per heavy atom. The second kappa shape index (κ2) is 8.66. The first-order chi connectivity index (χ1) is 13.9. The van der Waals surface area contributed by atoms with Crippen molar-refractivity contribution in [3.8, 4) is 5.69 Å². The number of nitrogens with one attached hydrogen (secondary N) is 1. The van der Waals surface area contributed by atoms with E-state index in [1.165, 1.54) is 4.57 Å². The van der Waals surface area contributed by atoms with Gasteiger partial charge in [-0.3, -0.25) is 14.2 Å². The quantitative estimate of drug-likeness (QED) is 0.670. The Bertz CT molecular complexity index is 1170. The first-order valence-corrected chi connectivity index (χ1v) is 10.1. The fraction of sp³-hybridized carbons (Fsp3) is 0.318. The molecule has 7 heteroatoms. The lowest BCUT2D eigenvalue weighted by atomic mass is 10.1. The highest BCUT2D eigenvalue weighted by atomic mass is 35.5. The second-order valence-corrected chi connectivity index (χ2v) is 7.41. The number of fused-ring (bicyclic) bond motifs is 1. The smallest absolute Gasteiger partial charge is 0.336 e. The van der Waals surface area contributed by atoms with Gasteiger partial charge in [-0.2, -0.15) is 0 Å². The predicted octanol–water partition coefficient (Wildman–Crippen LogP) is 3.67. The van der Waals surface area contributed by atoms with Gasteiger partial charge < -0.3 is 5.32 Å². The Balaban J connectivity index is 2.35. The summed E-state index contributed by atoms with van der Waals surface area (Å²) in [5, 5.41) is 3.58. The average molecular weight is 414 g/mol. The van der Waals surface area contributed by atoms with Crippen LogP contribution in [0.1, 0.15) is 39.7 Å². The molecule has 0 saturated heterocycles. The van der Waals surface area contributed by atoms with E-state index in [1.54, 1.807) is 48.5 Å². The van der Waals surface area contributed by atoms with Crippen LogP contribution in [0, 0.1) is 0 Å². The van der Waals surface area contributed by atoms with Gasteiger partial charge in [-0.05, 0) is 44.0 Å². The minimum atomic E-state index is -0.754. The molecule has 3 rings (SSSR count). The molecule has 2 aromatic carbocycles. The summed E-state index contributed by atoms with van der Waals surface area (Å²) in [6.45, 7) is 5.73. The summed E-state index contributed by atoms with van der Waals surface area (Å²) >= 11 is 6.28. The van der Waals surface area contributed by atoms with E-state index < -0.39 is 17.3 Å². The van der Waals surface area contributed by atoms with E-state index in [2.05, 4.69) is 5.32 Å². The number of para-hydroxylation sites is 2. The molecule has 0 radical (unpaired) electrons. The van der Waals surface area contributed by atoms with Crippen LogP contribution in [0.4, 0.5) is 0 Å². The van der Waals surface area contributed by atoms with E-state index in [4.69, 9.17) is 11.6 Å². The maximum Gasteiger partial charge on any atom is 0.336 e. The molecule has 0 unspecified atom stereocenters.